The van der Waals surface area contributed by atoms with Gasteiger partial charge in [0.1, 0.15) is 0 Å². The van der Waals surface area contributed by atoms with Crippen molar-refractivity contribution in [3.63, 3.8) is 0 Å². The highest BCUT2D eigenvalue weighted by Gasteiger charge is 2.09. The van der Waals surface area contributed by atoms with E-state index in [1.807, 2.05) is 26.2 Å². The van der Waals surface area contributed by atoms with E-state index in [4.69, 9.17) is 5.11 Å². The van der Waals surface area contributed by atoms with E-state index in [1.165, 1.54) is 0 Å². The summed E-state index contributed by atoms with van der Waals surface area (Å²) in [7, 11) is 1.85. The molecule has 0 fully saturated rings. The normalized spacial score (nSPS) is 10.3. The summed E-state index contributed by atoms with van der Waals surface area (Å²) in [6.07, 6.45) is 3.64. The predicted molar refractivity (Wildman–Crippen MR) is 68.7 cm³/mol. The molecule has 0 saturated heterocycles. The molecule has 5 nitrogen and oxygen atoms in total. The topological polar surface area (TPSA) is 67.2 Å². The lowest BCUT2D eigenvalue weighted by Crippen LogP contribution is -2.06. The molecule has 0 saturated carbocycles. The van der Waals surface area contributed by atoms with Gasteiger partial charge in [-0.25, -0.2) is 4.79 Å². The third-order valence-electron chi connectivity index (χ3n) is 2.65. The molecule has 94 valence electrons. The molecule has 18 heavy (non-hydrogen) atoms. The molecular formula is C13H15N3O2. The van der Waals surface area contributed by atoms with Crippen molar-refractivity contribution in [1.29, 1.82) is 0 Å². The van der Waals surface area contributed by atoms with Gasteiger partial charge in [0.25, 0.3) is 0 Å². The van der Waals surface area contributed by atoms with E-state index in [2.05, 4.69) is 10.4 Å². The number of hydrogen-bond acceptors (Lipinski definition) is 3. The Hall–Kier alpha value is -2.30. The molecule has 0 aliphatic carbocycles. The van der Waals surface area contributed by atoms with Crippen LogP contribution < -0.4 is 5.32 Å². The maximum Gasteiger partial charge on any atom is 0.337 e. The van der Waals surface area contributed by atoms with E-state index in [-0.39, 0.29) is 0 Å². The summed E-state index contributed by atoms with van der Waals surface area (Å²) in [6, 6.07) is 5.33. The highest BCUT2D eigenvalue weighted by atomic mass is 16.4. The van der Waals surface area contributed by atoms with Gasteiger partial charge in [0.15, 0.2) is 0 Å². The van der Waals surface area contributed by atoms with Crippen LogP contribution in [0, 0.1) is 6.92 Å². The van der Waals surface area contributed by atoms with Crippen LogP contribution in [0.5, 0.6) is 0 Å². The number of nitrogens with zero attached hydrogens (tertiary/aromatic N) is 2. The maximum absolute atomic E-state index is 11.1. The molecule has 1 heterocycles. The van der Waals surface area contributed by atoms with Crippen molar-refractivity contribution in [3.8, 4) is 0 Å². The van der Waals surface area contributed by atoms with Gasteiger partial charge in [-0.05, 0) is 19.1 Å². The first-order valence-corrected chi connectivity index (χ1v) is 5.61. The highest BCUT2D eigenvalue weighted by Crippen LogP contribution is 2.18. The standard InChI is InChI=1S/C13H15N3O2/c1-9-3-4-12(11(5-9)13(17)18)14-6-10-7-15-16(2)8-10/h3-5,7-8,14H,6H2,1-2H3,(H,17,18). The van der Waals surface area contributed by atoms with Crippen LogP contribution >= 0.6 is 0 Å². The number of rotatable bonds is 4. The maximum atomic E-state index is 11.1. The third-order valence-corrected chi connectivity index (χ3v) is 2.65. The molecule has 0 radical (unpaired) electrons. The largest absolute Gasteiger partial charge is 0.478 e. The van der Waals surface area contributed by atoms with Crippen LogP contribution in [0.3, 0.4) is 0 Å². The number of aromatic carboxylic acids is 1. The molecule has 1 aromatic heterocycles. The Morgan fingerprint density at radius 3 is 2.89 bits per heavy atom. The summed E-state index contributed by atoms with van der Waals surface area (Å²) in [4.78, 5) is 11.1. The van der Waals surface area contributed by atoms with E-state index >= 15 is 0 Å². The van der Waals surface area contributed by atoms with Gasteiger partial charge in [0.05, 0.1) is 11.8 Å². The molecule has 2 rings (SSSR count). The van der Waals surface area contributed by atoms with E-state index < -0.39 is 5.97 Å². The number of hydrogen-bond donors (Lipinski definition) is 2. The number of aromatic nitrogens is 2. The minimum absolute atomic E-state index is 0.291. The Labute approximate surface area is 105 Å². The molecule has 0 aliphatic heterocycles. The number of nitrogens with one attached hydrogen (secondary N) is 1. The lowest BCUT2D eigenvalue weighted by Gasteiger charge is -2.09. The Bertz CT molecular complexity index is 575. The van der Waals surface area contributed by atoms with E-state index in [0.717, 1.165) is 11.1 Å². The Kier molecular flexibility index (Phi) is 3.32. The summed E-state index contributed by atoms with van der Waals surface area (Å²) >= 11 is 0. The van der Waals surface area contributed by atoms with Gasteiger partial charge in [-0.15, -0.1) is 0 Å². The smallest absolute Gasteiger partial charge is 0.337 e. The van der Waals surface area contributed by atoms with Gasteiger partial charge >= 0.3 is 5.97 Å². The first-order valence-electron chi connectivity index (χ1n) is 5.61. The van der Waals surface area contributed by atoms with Crippen LogP contribution in [0.4, 0.5) is 5.69 Å². The van der Waals surface area contributed by atoms with Crippen molar-refractivity contribution in [2.24, 2.45) is 7.05 Å². The van der Waals surface area contributed by atoms with E-state index in [1.54, 1.807) is 23.0 Å². The summed E-state index contributed by atoms with van der Waals surface area (Å²) in [6.45, 7) is 2.43. The third kappa shape index (κ3) is 2.68. The Morgan fingerprint density at radius 2 is 2.28 bits per heavy atom. The van der Waals surface area contributed by atoms with Gasteiger partial charge in [-0.2, -0.15) is 5.10 Å². The number of aryl methyl sites for hydroxylation is 2. The van der Waals surface area contributed by atoms with E-state index in [0.29, 0.717) is 17.8 Å². The van der Waals surface area contributed by atoms with Crippen LogP contribution in [-0.2, 0) is 13.6 Å². The molecular weight excluding hydrogens is 230 g/mol. The molecule has 5 heteroatoms. The van der Waals surface area contributed by atoms with Crippen molar-refractivity contribution < 1.29 is 9.90 Å². The van der Waals surface area contributed by atoms with Gasteiger partial charge in [-0.3, -0.25) is 4.68 Å². The SMILES string of the molecule is Cc1ccc(NCc2cnn(C)c2)c(C(=O)O)c1. The van der Waals surface area contributed by atoms with E-state index in [9.17, 15) is 4.79 Å². The second kappa shape index (κ2) is 4.91. The highest BCUT2D eigenvalue weighted by molar-refractivity contribution is 5.94. The fraction of sp³-hybridized carbons (Fsp3) is 0.231. The van der Waals surface area contributed by atoms with Crippen LogP contribution in [0.2, 0.25) is 0 Å². The number of anilines is 1. The monoisotopic (exact) mass is 245 g/mol. The molecule has 1 aromatic carbocycles. The van der Waals surface area contributed by atoms with Crippen LogP contribution in [0.1, 0.15) is 21.5 Å². The average molecular weight is 245 g/mol. The van der Waals surface area contributed by atoms with Gasteiger partial charge in [0.2, 0.25) is 0 Å². The fourth-order valence-corrected chi connectivity index (χ4v) is 1.75. The van der Waals surface area contributed by atoms with Crippen molar-refractivity contribution in [3.05, 3.63) is 47.3 Å². The molecule has 0 aliphatic rings. The van der Waals surface area contributed by atoms with Gasteiger partial charge in [0, 0.05) is 31.0 Å². The summed E-state index contributed by atoms with van der Waals surface area (Å²) < 4.78 is 1.71. The quantitative estimate of drug-likeness (QED) is 0.865. The zero-order valence-corrected chi connectivity index (χ0v) is 10.3. The molecule has 0 spiro atoms. The minimum atomic E-state index is -0.924. The summed E-state index contributed by atoms with van der Waals surface area (Å²) in [5.41, 5.74) is 2.85. The Balaban J connectivity index is 2.16. The first kappa shape index (κ1) is 12.2. The number of carbonyl (C=O) groups is 1. The second-order valence-corrected chi connectivity index (χ2v) is 4.23. The lowest BCUT2D eigenvalue weighted by atomic mass is 10.1. The van der Waals surface area contributed by atoms with Crippen LogP contribution in [0.15, 0.2) is 30.6 Å². The van der Waals surface area contributed by atoms with Gasteiger partial charge in [-0.1, -0.05) is 11.6 Å². The molecule has 0 unspecified atom stereocenters. The zero-order chi connectivity index (χ0) is 13.1. The van der Waals surface area contributed by atoms with Crippen molar-refractivity contribution in [2.75, 3.05) is 5.32 Å². The molecule has 0 bridgehead atoms. The van der Waals surface area contributed by atoms with Crippen molar-refractivity contribution in [2.45, 2.75) is 13.5 Å². The number of benzene rings is 1. The zero-order valence-electron chi connectivity index (χ0n) is 10.3. The fourth-order valence-electron chi connectivity index (χ4n) is 1.75. The Morgan fingerprint density at radius 1 is 1.50 bits per heavy atom. The van der Waals surface area contributed by atoms with Crippen LogP contribution in [0.25, 0.3) is 0 Å². The summed E-state index contributed by atoms with van der Waals surface area (Å²) in [5, 5.41) is 16.3. The molecule has 0 atom stereocenters. The van der Waals surface area contributed by atoms with Crippen LogP contribution in [-0.4, -0.2) is 20.9 Å². The van der Waals surface area contributed by atoms with Crippen molar-refractivity contribution >= 4 is 11.7 Å². The average Bonchev–Trinajstić information content (AvgIpc) is 2.73. The second-order valence-electron chi connectivity index (χ2n) is 4.23. The first-order chi connectivity index (χ1) is 8.56. The minimum Gasteiger partial charge on any atom is -0.478 e. The number of carboxylic acids is 1. The lowest BCUT2D eigenvalue weighted by molar-refractivity contribution is 0.0698. The molecule has 2 aromatic rings. The van der Waals surface area contributed by atoms with Crippen molar-refractivity contribution in [1.82, 2.24) is 9.78 Å². The summed E-state index contributed by atoms with van der Waals surface area (Å²) in [5.74, 6) is -0.924. The van der Waals surface area contributed by atoms with Gasteiger partial charge < -0.3 is 10.4 Å². The molecule has 0 amide bonds. The number of carboxylic acid groups (broad SMARTS) is 1. The predicted octanol–water partition coefficient (Wildman–Crippen LogP) is 2.04. The molecule has 2 N–H and O–H groups in total.